The van der Waals surface area contributed by atoms with Crippen LogP contribution in [0.3, 0.4) is 0 Å². The van der Waals surface area contributed by atoms with Gasteiger partial charge in [0.1, 0.15) is 5.52 Å². The molecule has 3 nitrogen and oxygen atoms in total. The molecule has 0 unspecified atom stereocenters. The summed E-state index contributed by atoms with van der Waals surface area (Å²) in [5, 5.41) is 0. The van der Waals surface area contributed by atoms with Crippen molar-refractivity contribution >= 4 is 16.6 Å². The first-order valence-corrected chi connectivity index (χ1v) is 9.15. The van der Waals surface area contributed by atoms with E-state index in [0.717, 1.165) is 27.9 Å². The molecule has 3 aromatic rings. The van der Waals surface area contributed by atoms with Crippen molar-refractivity contribution in [2.45, 2.75) is 0 Å². The number of nitrogens with zero attached hydrogens (tertiary/aromatic N) is 3. The summed E-state index contributed by atoms with van der Waals surface area (Å²) in [5.41, 5.74) is 4.49. The van der Waals surface area contributed by atoms with Crippen LogP contribution in [-0.2, 0) is 0 Å². The first-order chi connectivity index (χ1) is 13.9. The van der Waals surface area contributed by atoms with Gasteiger partial charge in [-0.1, -0.05) is 97.1 Å². The van der Waals surface area contributed by atoms with Gasteiger partial charge in [0.2, 0.25) is 0 Å². The topological polar surface area (TPSA) is 38.7 Å². The molecule has 134 valence electrons. The zero-order valence-corrected chi connectivity index (χ0v) is 15.3. The van der Waals surface area contributed by atoms with E-state index in [1.54, 1.807) is 6.20 Å². The van der Waals surface area contributed by atoms with Gasteiger partial charge in [0.05, 0.1) is 17.4 Å². The lowest BCUT2D eigenvalue weighted by atomic mass is 10.1. The molecule has 0 atom stereocenters. The maximum atomic E-state index is 4.76. The van der Waals surface area contributed by atoms with Crippen LogP contribution in [0.25, 0.3) is 27.9 Å². The summed E-state index contributed by atoms with van der Waals surface area (Å²) in [6, 6.07) is 22.1. The molecule has 0 fully saturated rings. The van der Waals surface area contributed by atoms with Gasteiger partial charge in [-0.05, 0) is 12.1 Å². The fourth-order valence-electron chi connectivity index (χ4n) is 2.80. The smallest absolute Gasteiger partial charge is 0.159 e. The van der Waals surface area contributed by atoms with Crippen LogP contribution in [0.1, 0.15) is 5.82 Å². The summed E-state index contributed by atoms with van der Waals surface area (Å²) < 4.78 is 0. The summed E-state index contributed by atoms with van der Waals surface area (Å²) in [7, 11) is 0. The number of pyridine rings is 1. The summed E-state index contributed by atoms with van der Waals surface area (Å²) >= 11 is 0. The Balaban J connectivity index is 1.73. The van der Waals surface area contributed by atoms with Crippen LogP contribution in [0.4, 0.5) is 0 Å². The fraction of sp³-hybridized carbons (Fsp3) is 0. The monoisotopic (exact) mass is 361 g/mol. The Morgan fingerprint density at radius 3 is 2.11 bits per heavy atom. The van der Waals surface area contributed by atoms with Crippen molar-refractivity contribution in [3.05, 3.63) is 121 Å². The molecule has 0 saturated carbocycles. The van der Waals surface area contributed by atoms with Crippen molar-refractivity contribution in [2.75, 3.05) is 0 Å². The van der Waals surface area contributed by atoms with E-state index in [0.29, 0.717) is 5.82 Å². The highest BCUT2D eigenvalue weighted by atomic mass is 14.9. The van der Waals surface area contributed by atoms with Crippen LogP contribution in [0, 0.1) is 0 Å². The maximum Gasteiger partial charge on any atom is 0.159 e. The van der Waals surface area contributed by atoms with Crippen LogP contribution in [0.15, 0.2) is 115 Å². The maximum absolute atomic E-state index is 4.76. The highest BCUT2D eigenvalue weighted by Crippen LogP contribution is 2.21. The molecule has 1 aromatic carbocycles. The second-order valence-corrected chi connectivity index (χ2v) is 6.18. The van der Waals surface area contributed by atoms with Crippen LogP contribution < -0.4 is 0 Å². The first kappa shape index (κ1) is 17.6. The molecule has 2 aromatic heterocycles. The number of hydrogen-bond acceptors (Lipinski definition) is 3. The van der Waals surface area contributed by atoms with E-state index >= 15 is 0 Å². The van der Waals surface area contributed by atoms with E-state index in [-0.39, 0.29) is 0 Å². The number of rotatable bonds is 2. The average Bonchev–Trinajstić information content (AvgIpc) is 2.71. The summed E-state index contributed by atoms with van der Waals surface area (Å²) in [5.74, 6) is 0.691. The van der Waals surface area contributed by atoms with Crippen molar-refractivity contribution in [3.8, 4) is 11.3 Å². The highest BCUT2D eigenvalue weighted by molar-refractivity contribution is 5.80. The third kappa shape index (κ3) is 4.27. The molecule has 0 amide bonds. The Hall–Kier alpha value is -3.85. The van der Waals surface area contributed by atoms with Gasteiger partial charge < -0.3 is 0 Å². The Labute approximate surface area is 164 Å². The van der Waals surface area contributed by atoms with E-state index in [9.17, 15) is 0 Å². The number of allylic oxidation sites excluding steroid dienone is 8. The molecule has 0 aliphatic heterocycles. The molecule has 28 heavy (non-hydrogen) atoms. The predicted octanol–water partition coefficient (Wildman–Crippen LogP) is 5.88. The highest BCUT2D eigenvalue weighted by Gasteiger charge is 2.06. The van der Waals surface area contributed by atoms with Gasteiger partial charge >= 0.3 is 0 Å². The normalized spacial score (nSPS) is 18.1. The van der Waals surface area contributed by atoms with E-state index in [1.807, 2.05) is 109 Å². The van der Waals surface area contributed by atoms with Crippen molar-refractivity contribution in [1.82, 2.24) is 15.0 Å². The molecule has 3 heteroatoms. The molecule has 0 spiro atoms. The fourth-order valence-corrected chi connectivity index (χ4v) is 2.80. The molecular formula is C25H19N3. The molecule has 0 N–H and O–H groups in total. The Morgan fingerprint density at radius 2 is 1.29 bits per heavy atom. The SMILES string of the molecule is C1=C\C=C/C(c2ncc3nc(-c4ccccccccc4)ccc3n2)=C\C=C/1. The zero-order chi connectivity index (χ0) is 19.0. The van der Waals surface area contributed by atoms with E-state index in [1.165, 1.54) is 0 Å². The predicted molar refractivity (Wildman–Crippen MR) is 116 cm³/mol. The molecule has 2 heterocycles. The lowest BCUT2D eigenvalue weighted by Crippen LogP contribution is -1.95. The molecule has 1 aliphatic carbocycles. The molecule has 4 rings (SSSR count). The van der Waals surface area contributed by atoms with E-state index < -0.39 is 0 Å². The van der Waals surface area contributed by atoms with Gasteiger partial charge in [-0.25, -0.2) is 15.0 Å². The third-order valence-corrected chi connectivity index (χ3v) is 4.21. The number of aromatic nitrogens is 3. The van der Waals surface area contributed by atoms with Crippen molar-refractivity contribution in [1.29, 1.82) is 0 Å². The number of hydrogen-bond donors (Lipinski definition) is 0. The van der Waals surface area contributed by atoms with E-state index in [2.05, 4.69) is 4.98 Å². The summed E-state index contributed by atoms with van der Waals surface area (Å²) in [6.45, 7) is 0. The van der Waals surface area contributed by atoms with Crippen molar-refractivity contribution in [2.24, 2.45) is 0 Å². The summed E-state index contributed by atoms with van der Waals surface area (Å²) in [4.78, 5) is 14.0. The van der Waals surface area contributed by atoms with Gasteiger partial charge in [-0.2, -0.15) is 0 Å². The van der Waals surface area contributed by atoms with Gasteiger partial charge in [-0.3, -0.25) is 0 Å². The van der Waals surface area contributed by atoms with Gasteiger partial charge in [0.25, 0.3) is 0 Å². The lowest BCUT2D eigenvalue weighted by molar-refractivity contribution is 1.15. The molecular weight excluding hydrogens is 342 g/mol. The van der Waals surface area contributed by atoms with Crippen molar-refractivity contribution in [3.63, 3.8) is 0 Å². The second kappa shape index (κ2) is 8.69. The Kier molecular flexibility index (Phi) is 5.45. The Bertz CT molecular complexity index is 1140. The van der Waals surface area contributed by atoms with E-state index in [4.69, 9.17) is 9.97 Å². The molecule has 0 bridgehead atoms. The largest absolute Gasteiger partial charge is 0.245 e. The molecule has 0 saturated heterocycles. The zero-order valence-electron chi connectivity index (χ0n) is 15.3. The van der Waals surface area contributed by atoms with Crippen LogP contribution in [0.5, 0.6) is 0 Å². The standard InChI is InChI=1S/C25H19N3/c1-2-5-9-13-20(14-10-6-3-1)22-17-18-23-24(27-22)19-26-25(28-23)21-15-11-7-4-8-12-16-21/h1-19H/b2-1?,3-1?,5-2?,6-3?,7-4-,8-4?,9-5?,10-6?,11-7?,12-8-,13-9?,14-10?,15-11-,16-12?,20-13?,20-14?,21-15?,21-16+. The second-order valence-electron chi connectivity index (χ2n) is 6.18. The van der Waals surface area contributed by atoms with Crippen LogP contribution in [0.2, 0.25) is 0 Å². The number of fused-ring (bicyclic) bond motifs is 1. The van der Waals surface area contributed by atoms with Crippen LogP contribution >= 0.6 is 0 Å². The minimum atomic E-state index is 0.691. The third-order valence-electron chi connectivity index (χ3n) is 4.21. The molecule has 0 radical (unpaired) electrons. The van der Waals surface area contributed by atoms with Crippen LogP contribution in [-0.4, -0.2) is 15.0 Å². The Morgan fingerprint density at radius 1 is 0.571 bits per heavy atom. The first-order valence-electron chi connectivity index (χ1n) is 9.15. The quantitative estimate of drug-likeness (QED) is 0.572. The summed E-state index contributed by atoms with van der Waals surface area (Å²) in [6.07, 6.45) is 15.7. The average molecular weight is 361 g/mol. The lowest BCUT2D eigenvalue weighted by Gasteiger charge is -2.05. The van der Waals surface area contributed by atoms with Crippen molar-refractivity contribution < 1.29 is 0 Å². The molecule has 1 aliphatic rings. The minimum Gasteiger partial charge on any atom is -0.245 e. The van der Waals surface area contributed by atoms with Gasteiger partial charge in [-0.15, -0.1) is 0 Å². The minimum absolute atomic E-state index is 0.691. The van der Waals surface area contributed by atoms with Gasteiger partial charge in [0.15, 0.2) is 5.82 Å². The van der Waals surface area contributed by atoms with Gasteiger partial charge in [0, 0.05) is 11.1 Å².